The van der Waals surface area contributed by atoms with Crippen molar-refractivity contribution in [1.29, 1.82) is 0 Å². The molecule has 4 N–H and O–H groups in total. The van der Waals surface area contributed by atoms with E-state index in [1.807, 2.05) is 18.2 Å². The van der Waals surface area contributed by atoms with E-state index in [-0.39, 0.29) is 17.3 Å². The Balaban J connectivity index is 1.52. The quantitative estimate of drug-likeness (QED) is 0.609. The molecule has 3 rings (SSSR count). The zero-order valence-corrected chi connectivity index (χ0v) is 15.2. The Kier molecular flexibility index (Phi) is 6.22. The fourth-order valence-electron chi connectivity index (χ4n) is 2.62. The van der Waals surface area contributed by atoms with Crippen LogP contribution in [0.5, 0.6) is 0 Å². The second-order valence-electron chi connectivity index (χ2n) is 5.92. The molecule has 6 nitrogen and oxygen atoms in total. The number of hydrazine groups is 1. The molecule has 0 aliphatic carbocycles. The minimum atomic E-state index is -4.56. The molecule has 2 atom stereocenters. The maximum absolute atomic E-state index is 13.0. The lowest BCUT2D eigenvalue weighted by molar-refractivity contribution is -0.137. The molecule has 148 valence electrons. The van der Waals surface area contributed by atoms with E-state index in [9.17, 15) is 22.8 Å². The zero-order chi connectivity index (χ0) is 20.1. The standard InChI is InChI=1S/C18H17F3N4O2S/c19-18(20,21)12-8-4-5-9-13(12)22-14(26)10-28-17-23-16(27)15(24-25-17)11-6-2-1-3-7-11/h1-9,15,17,24-25H,10H2,(H,22,26)(H,23,27). The summed E-state index contributed by atoms with van der Waals surface area (Å²) in [5.41, 5.74) is 4.71. The van der Waals surface area contributed by atoms with Crippen LogP contribution in [0.4, 0.5) is 18.9 Å². The normalized spacial score (nSPS) is 19.8. The number of amides is 2. The SMILES string of the molecule is O=C(CSC1NNC(c2ccccc2)C(=O)N1)Nc1ccccc1C(F)(F)F. The molecule has 28 heavy (non-hydrogen) atoms. The van der Waals surface area contributed by atoms with Gasteiger partial charge < -0.3 is 10.6 Å². The van der Waals surface area contributed by atoms with E-state index in [1.165, 1.54) is 18.2 Å². The van der Waals surface area contributed by atoms with Crippen LogP contribution in [0.3, 0.4) is 0 Å². The van der Waals surface area contributed by atoms with Crippen molar-refractivity contribution in [3.8, 4) is 0 Å². The average Bonchev–Trinajstić information content (AvgIpc) is 2.67. The molecule has 2 amide bonds. The van der Waals surface area contributed by atoms with E-state index in [2.05, 4.69) is 21.5 Å². The molecule has 1 aliphatic heterocycles. The van der Waals surface area contributed by atoms with Gasteiger partial charge in [0, 0.05) is 0 Å². The molecule has 0 radical (unpaired) electrons. The van der Waals surface area contributed by atoms with Gasteiger partial charge in [0.1, 0.15) is 11.5 Å². The fourth-order valence-corrected chi connectivity index (χ4v) is 3.36. The molecule has 0 spiro atoms. The predicted octanol–water partition coefficient (Wildman–Crippen LogP) is 2.63. The van der Waals surface area contributed by atoms with Gasteiger partial charge in [0.2, 0.25) is 11.8 Å². The van der Waals surface area contributed by atoms with Crippen molar-refractivity contribution in [2.45, 2.75) is 17.7 Å². The fraction of sp³-hybridized carbons (Fsp3) is 0.222. The minimum absolute atomic E-state index is 0.151. The zero-order valence-electron chi connectivity index (χ0n) is 14.4. The number of nitrogens with one attached hydrogen (secondary N) is 4. The van der Waals surface area contributed by atoms with Gasteiger partial charge in [-0.1, -0.05) is 42.5 Å². The highest BCUT2D eigenvalue weighted by atomic mass is 32.2. The van der Waals surface area contributed by atoms with Gasteiger partial charge in [-0.25, -0.2) is 10.9 Å². The summed E-state index contributed by atoms with van der Waals surface area (Å²) in [6, 6.07) is 13.3. The van der Waals surface area contributed by atoms with Crippen molar-refractivity contribution >= 4 is 29.3 Å². The molecule has 2 aromatic rings. The van der Waals surface area contributed by atoms with Crippen molar-refractivity contribution in [3.63, 3.8) is 0 Å². The third-order valence-corrected chi connectivity index (χ3v) is 4.91. The lowest BCUT2D eigenvalue weighted by Gasteiger charge is -2.31. The average molecular weight is 410 g/mol. The van der Waals surface area contributed by atoms with Gasteiger partial charge in [-0.3, -0.25) is 9.59 Å². The second kappa shape index (κ2) is 8.63. The van der Waals surface area contributed by atoms with E-state index in [0.29, 0.717) is 0 Å². The van der Waals surface area contributed by atoms with Crippen LogP contribution in [0, 0.1) is 0 Å². The topological polar surface area (TPSA) is 82.3 Å². The Morgan fingerprint density at radius 3 is 2.39 bits per heavy atom. The Morgan fingerprint density at radius 1 is 1.04 bits per heavy atom. The lowest BCUT2D eigenvalue weighted by Crippen LogP contribution is -2.60. The molecule has 1 saturated heterocycles. The summed E-state index contributed by atoms with van der Waals surface area (Å²) >= 11 is 1.04. The Morgan fingerprint density at radius 2 is 1.71 bits per heavy atom. The first-order valence-corrected chi connectivity index (χ1v) is 9.33. The summed E-state index contributed by atoms with van der Waals surface area (Å²) in [5, 5.41) is 4.97. The van der Waals surface area contributed by atoms with Crippen LogP contribution >= 0.6 is 11.8 Å². The summed E-state index contributed by atoms with van der Waals surface area (Å²) in [4.78, 5) is 24.3. The first-order valence-electron chi connectivity index (χ1n) is 8.28. The number of halogens is 3. The number of rotatable bonds is 5. The monoisotopic (exact) mass is 410 g/mol. The minimum Gasteiger partial charge on any atom is -0.329 e. The molecule has 0 saturated carbocycles. The van der Waals surface area contributed by atoms with Gasteiger partial charge in [0.05, 0.1) is 17.0 Å². The van der Waals surface area contributed by atoms with Crippen LogP contribution in [-0.2, 0) is 15.8 Å². The number of para-hydroxylation sites is 1. The summed E-state index contributed by atoms with van der Waals surface area (Å²) < 4.78 is 38.9. The number of benzene rings is 2. The first-order chi connectivity index (χ1) is 13.3. The third-order valence-electron chi connectivity index (χ3n) is 3.91. The molecule has 0 bridgehead atoms. The Bertz CT molecular complexity index is 848. The molecule has 1 fully saturated rings. The predicted molar refractivity (Wildman–Crippen MR) is 99.9 cm³/mol. The number of alkyl halides is 3. The van der Waals surface area contributed by atoms with Gasteiger partial charge in [-0.05, 0) is 17.7 Å². The second-order valence-corrected chi connectivity index (χ2v) is 7.02. The molecule has 10 heteroatoms. The van der Waals surface area contributed by atoms with Crippen LogP contribution in [0.25, 0.3) is 0 Å². The van der Waals surface area contributed by atoms with E-state index >= 15 is 0 Å². The highest BCUT2D eigenvalue weighted by Crippen LogP contribution is 2.34. The highest BCUT2D eigenvalue weighted by Gasteiger charge is 2.34. The maximum atomic E-state index is 13.0. The molecule has 0 aromatic heterocycles. The first kappa shape index (κ1) is 20.2. The van der Waals surface area contributed by atoms with Gasteiger partial charge in [-0.15, -0.1) is 11.8 Å². The number of carbonyl (C=O) groups is 2. The van der Waals surface area contributed by atoms with Crippen LogP contribution in [-0.4, -0.2) is 23.1 Å². The van der Waals surface area contributed by atoms with Gasteiger partial charge in [0.25, 0.3) is 0 Å². The van der Waals surface area contributed by atoms with Crippen LogP contribution in [0.15, 0.2) is 54.6 Å². The summed E-state index contributed by atoms with van der Waals surface area (Å²) in [7, 11) is 0. The maximum Gasteiger partial charge on any atom is 0.418 e. The van der Waals surface area contributed by atoms with Crippen molar-refractivity contribution in [3.05, 3.63) is 65.7 Å². The lowest BCUT2D eigenvalue weighted by atomic mass is 10.1. The van der Waals surface area contributed by atoms with Crippen molar-refractivity contribution < 1.29 is 22.8 Å². The number of hydrogen-bond acceptors (Lipinski definition) is 5. The Hall–Kier alpha value is -2.56. The van der Waals surface area contributed by atoms with Crippen molar-refractivity contribution in [1.82, 2.24) is 16.2 Å². The number of carbonyl (C=O) groups excluding carboxylic acids is 2. The van der Waals surface area contributed by atoms with Crippen LogP contribution in [0.2, 0.25) is 0 Å². The van der Waals surface area contributed by atoms with Crippen LogP contribution < -0.4 is 21.5 Å². The van der Waals surface area contributed by atoms with Crippen molar-refractivity contribution in [2.75, 3.05) is 11.1 Å². The number of hydrogen-bond donors (Lipinski definition) is 4. The smallest absolute Gasteiger partial charge is 0.329 e. The summed E-state index contributed by atoms with van der Waals surface area (Å²) in [6.07, 6.45) is -4.56. The molecular formula is C18H17F3N4O2S. The summed E-state index contributed by atoms with van der Waals surface area (Å²) in [5.74, 6) is -1.03. The van der Waals surface area contributed by atoms with Gasteiger partial charge in [-0.2, -0.15) is 13.2 Å². The largest absolute Gasteiger partial charge is 0.418 e. The van der Waals surface area contributed by atoms with E-state index in [4.69, 9.17) is 0 Å². The summed E-state index contributed by atoms with van der Waals surface area (Å²) in [6.45, 7) is 0. The van der Waals surface area contributed by atoms with E-state index in [0.717, 1.165) is 23.4 Å². The molecular weight excluding hydrogens is 393 g/mol. The molecule has 2 aromatic carbocycles. The van der Waals surface area contributed by atoms with Crippen LogP contribution in [0.1, 0.15) is 17.2 Å². The Labute approximate surface area is 163 Å². The highest BCUT2D eigenvalue weighted by molar-refractivity contribution is 8.00. The van der Waals surface area contributed by atoms with E-state index in [1.54, 1.807) is 12.1 Å². The molecule has 1 heterocycles. The molecule has 1 aliphatic rings. The van der Waals surface area contributed by atoms with E-state index < -0.39 is 29.2 Å². The van der Waals surface area contributed by atoms with Gasteiger partial charge in [0.15, 0.2) is 0 Å². The molecule has 2 unspecified atom stereocenters. The number of anilines is 1. The number of thioether (sulfide) groups is 1. The van der Waals surface area contributed by atoms with Crippen molar-refractivity contribution in [2.24, 2.45) is 0 Å². The van der Waals surface area contributed by atoms with Gasteiger partial charge >= 0.3 is 6.18 Å². The third kappa shape index (κ3) is 5.03.